The number of benzene rings is 2. The Morgan fingerprint density at radius 1 is 1.23 bits per heavy atom. The van der Waals surface area contributed by atoms with Gasteiger partial charge in [0.15, 0.2) is 5.96 Å². The Hall–Kier alpha value is -3.09. The number of carbonyl (C=O) groups excluding carboxylic acids is 1. The minimum atomic E-state index is -0.320. The molecule has 1 fully saturated rings. The lowest BCUT2D eigenvalue weighted by atomic mass is 10.1. The molecule has 0 saturated carbocycles. The number of hydrogen-bond donors (Lipinski definition) is 2. The van der Waals surface area contributed by atoms with Gasteiger partial charge in [-0.05, 0) is 31.0 Å². The Morgan fingerprint density at radius 3 is 2.77 bits per heavy atom. The highest BCUT2D eigenvalue weighted by molar-refractivity contribution is 5.80. The van der Waals surface area contributed by atoms with E-state index in [2.05, 4.69) is 27.8 Å². The second-order valence-corrected chi connectivity index (χ2v) is 7.87. The molecule has 166 valence electrons. The molecule has 7 heteroatoms. The van der Waals surface area contributed by atoms with Crippen LogP contribution in [-0.4, -0.2) is 56.1 Å². The molecule has 3 rings (SSSR count). The molecule has 2 aromatic rings. The lowest BCUT2D eigenvalue weighted by Crippen LogP contribution is -2.43. The van der Waals surface area contributed by atoms with Crippen molar-refractivity contribution >= 4 is 11.9 Å². The largest absolute Gasteiger partial charge is 0.489 e. The summed E-state index contributed by atoms with van der Waals surface area (Å²) >= 11 is 0. The Labute approximate surface area is 183 Å². The van der Waals surface area contributed by atoms with Gasteiger partial charge in [0.25, 0.3) is 0 Å². The Bertz CT molecular complexity index is 875. The van der Waals surface area contributed by atoms with E-state index in [9.17, 15) is 9.18 Å². The van der Waals surface area contributed by atoms with Gasteiger partial charge in [0.1, 0.15) is 17.7 Å². The molecule has 1 saturated heterocycles. The SMILES string of the molecule is CN=C(NCC1CC(=O)N(CCc2ccccc2)C1)NCC(C)Oc1cccc(F)c1. The second-order valence-electron chi connectivity index (χ2n) is 7.87. The summed E-state index contributed by atoms with van der Waals surface area (Å²) in [4.78, 5) is 18.5. The molecule has 2 atom stereocenters. The summed E-state index contributed by atoms with van der Waals surface area (Å²) in [6, 6.07) is 16.3. The van der Waals surface area contributed by atoms with Crippen LogP contribution in [0.1, 0.15) is 18.9 Å². The maximum atomic E-state index is 13.3. The standard InChI is InChI=1S/C24H31FN4O2/c1-18(31-22-10-6-9-21(25)14-22)15-27-24(26-2)28-16-20-13-23(30)29(17-20)12-11-19-7-4-3-5-8-19/h3-10,14,18,20H,11-13,15-17H2,1-2H3,(H2,26,27,28). The van der Waals surface area contributed by atoms with Crippen LogP contribution < -0.4 is 15.4 Å². The van der Waals surface area contributed by atoms with E-state index in [1.807, 2.05) is 30.0 Å². The van der Waals surface area contributed by atoms with E-state index in [0.717, 1.165) is 19.5 Å². The summed E-state index contributed by atoms with van der Waals surface area (Å²) in [6.07, 6.45) is 1.26. The summed E-state index contributed by atoms with van der Waals surface area (Å²) in [5.74, 6) is 1.30. The molecule has 1 aliphatic rings. The van der Waals surface area contributed by atoms with E-state index in [1.165, 1.54) is 17.7 Å². The van der Waals surface area contributed by atoms with Crippen LogP contribution in [0.15, 0.2) is 59.6 Å². The van der Waals surface area contributed by atoms with Crippen molar-refractivity contribution in [3.63, 3.8) is 0 Å². The van der Waals surface area contributed by atoms with Crippen LogP contribution >= 0.6 is 0 Å². The van der Waals surface area contributed by atoms with Crippen molar-refractivity contribution in [3.05, 3.63) is 66.0 Å². The van der Waals surface area contributed by atoms with Crippen LogP contribution in [0.3, 0.4) is 0 Å². The fraction of sp³-hybridized carbons (Fsp3) is 0.417. The number of carbonyl (C=O) groups is 1. The highest BCUT2D eigenvalue weighted by Gasteiger charge is 2.29. The maximum absolute atomic E-state index is 13.3. The molecule has 2 N–H and O–H groups in total. The average Bonchev–Trinajstić information content (AvgIpc) is 3.12. The van der Waals surface area contributed by atoms with E-state index in [1.54, 1.807) is 19.2 Å². The molecule has 31 heavy (non-hydrogen) atoms. The number of guanidine groups is 1. The molecule has 1 aliphatic heterocycles. The van der Waals surface area contributed by atoms with E-state index < -0.39 is 0 Å². The number of hydrogen-bond acceptors (Lipinski definition) is 3. The fourth-order valence-electron chi connectivity index (χ4n) is 3.63. The topological polar surface area (TPSA) is 66.0 Å². The van der Waals surface area contributed by atoms with Crippen molar-refractivity contribution in [1.82, 2.24) is 15.5 Å². The van der Waals surface area contributed by atoms with Gasteiger partial charge in [-0.3, -0.25) is 9.79 Å². The van der Waals surface area contributed by atoms with Gasteiger partial charge in [-0.15, -0.1) is 0 Å². The third-order valence-electron chi connectivity index (χ3n) is 5.28. The zero-order chi connectivity index (χ0) is 22.1. The van der Waals surface area contributed by atoms with Gasteiger partial charge in [0.2, 0.25) is 5.91 Å². The maximum Gasteiger partial charge on any atom is 0.223 e. The number of nitrogens with zero attached hydrogens (tertiary/aromatic N) is 2. The molecular formula is C24H31FN4O2. The number of rotatable bonds is 9. The zero-order valence-corrected chi connectivity index (χ0v) is 18.2. The number of ether oxygens (including phenoxy) is 1. The summed E-state index contributed by atoms with van der Waals surface area (Å²) in [6.45, 7) is 4.61. The van der Waals surface area contributed by atoms with Gasteiger partial charge in [-0.2, -0.15) is 0 Å². The van der Waals surface area contributed by atoms with Crippen molar-refractivity contribution in [2.45, 2.75) is 25.9 Å². The Morgan fingerprint density at radius 2 is 2.03 bits per heavy atom. The number of amides is 1. The van der Waals surface area contributed by atoms with Crippen LogP contribution in [0.2, 0.25) is 0 Å². The lowest BCUT2D eigenvalue weighted by molar-refractivity contribution is -0.127. The Kier molecular flexibility index (Phi) is 8.27. The smallest absolute Gasteiger partial charge is 0.223 e. The quantitative estimate of drug-likeness (QED) is 0.478. The summed E-state index contributed by atoms with van der Waals surface area (Å²) < 4.78 is 19.0. The molecule has 1 heterocycles. The predicted molar refractivity (Wildman–Crippen MR) is 121 cm³/mol. The normalized spacial score (nSPS) is 17.5. The molecular weight excluding hydrogens is 395 g/mol. The first kappa shape index (κ1) is 22.6. The van der Waals surface area contributed by atoms with Crippen LogP contribution in [0.4, 0.5) is 4.39 Å². The van der Waals surface area contributed by atoms with Crippen LogP contribution in [0, 0.1) is 11.7 Å². The molecule has 0 bridgehead atoms. The minimum Gasteiger partial charge on any atom is -0.489 e. The fourth-order valence-corrected chi connectivity index (χ4v) is 3.63. The molecule has 6 nitrogen and oxygen atoms in total. The van der Waals surface area contributed by atoms with Gasteiger partial charge in [-0.1, -0.05) is 36.4 Å². The third kappa shape index (κ3) is 7.27. The van der Waals surface area contributed by atoms with E-state index in [-0.39, 0.29) is 23.7 Å². The first-order chi connectivity index (χ1) is 15.0. The van der Waals surface area contributed by atoms with E-state index in [4.69, 9.17) is 4.74 Å². The Balaban J connectivity index is 1.37. The molecule has 1 amide bonds. The highest BCUT2D eigenvalue weighted by atomic mass is 19.1. The van der Waals surface area contributed by atoms with Crippen LogP contribution in [-0.2, 0) is 11.2 Å². The van der Waals surface area contributed by atoms with Crippen molar-refractivity contribution in [1.29, 1.82) is 0 Å². The molecule has 2 aromatic carbocycles. The van der Waals surface area contributed by atoms with Crippen molar-refractivity contribution < 1.29 is 13.9 Å². The third-order valence-corrected chi connectivity index (χ3v) is 5.28. The number of nitrogens with one attached hydrogen (secondary N) is 2. The number of halogens is 1. The van der Waals surface area contributed by atoms with Gasteiger partial charge < -0.3 is 20.3 Å². The monoisotopic (exact) mass is 426 g/mol. The van der Waals surface area contributed by atoms with Crippen molar-refractivity contribution in [2.75, 3.05) is 33.2 Å². The lowest BCUT2D eigenvalue weighted by Gasteiger charge is -2.19. The van der Waals surface area contributed by atoms with Gasteiger partial charge >= 0.3 is 0 Å². The number of aliphatic imine (C=N–C) groups is 1. The van der Waals surface area contributed by atoms with Crippen LogP contribution in [0.5, 0.6) is 5.75 Å². The average molecular weight is 427 g/mol. The van der Waals surface area contributed by atoms with Crippen molar-refractivity contribution in [2.24, 2.45) is 10.9 Å². The van der Waals surface area contributed by atoms with Crippen LogP contribution in [0.25, 0.3) is 0 Å². The highest BCUT2D eigenvalue weighted by Crippen LogP contribution is 2.18. The van der Waals surface area contributed by atoms with Gasteiger partial charge in [0, 0.05) is 45.1 Å². The molecule has 0 aliphatic carbocycles. The first-order valence-corrected chi connectivity index (χ1v) is 10.7. The van der Waals surface area contributed by atoms with Crippen molar-refractivity contribution in [3.8, 4) is 5.75 Å². The van der Waals surface area contributed by atoms with Gasteiger partial charge in [-0.25, -0.2) is 4.39 Å². The molecule has 2 unspecified atom stereocenters. The number of likely N-dealkylation sites (tertiary alicyclic amines) is 1. The molecule has 0 radical (unpaired) electrons. The van der Waals surface area contributed by atoms with E-state index >= 15 is 0 Å². The molecule has 0 spiro atoms. The zero-order valence-electron chi connectivity index (χ0n) is 18.2. The molecule has 0 aromatic heterocycles. The predicted octanol–water partition coefficient (Wildman–Crippen LogP) is 2.85. The first-order valence-electron chi connectivity index (χ1n) is 10.7. The minimum absolute atomic E-state index is 0.165. The summed E-state index contributed by atoms with van der Waals surface area (Å²) in [5, 5.41) is 6.52. The van der Waals surface area contributed by atoms with Gasteiger partial charge in [0.05, 0.1) is 6.54 Å². The summed E-state index contributed by atoms with van der Waals surface area (Å²) in [5.41, 5.74) is 1.25. The second kappa shape index (κ2) is 11.3. The van der Waals surface area contributed by atoms with E-state index in [0.29, 0.717) is 31.2 Å². The summed E-state index contributed by atoms with van der Waals surface area (Å²) in [7, 11) is 1.71.